The van der Waals surface area contributed by atoms with E-state index >= 15 is 0 Å². The minimum absolute atomic E-state index is 0.131. The van der Waals surface area contributed by atoms with Crippen molar-refractivity contribution >= 4 is 29.5 Å². The Morgan fingerprint density at radius 3 is 2.73 bits per heavy atom. The number of halogens is 2. The van der Waals surface area contributed by atoms with E-state index in [0.717, 1.165) is 6.29 Å². The van der Waals surface area contributed by atoms with Gasteiger partial charge in [-0.15, -0.1) is 0 Å². The van der Waals surface area contributed by atoms with Crippen LogP contribution in [0.2, 0.25) is 0 Å². The molecule has 0 heterocycles. The summed E-state index contributed by atoms with van der Waals surface area (Å²) in [5.74, 6) is -0.131. The van der Waals surface area contributed by atoms with Crippen molar-refractivity contribution in [3.63, 3.8) is 0 Å². The largest absolute Gasteiger partial charge is 0.298 e. The van der Waals surface area contributed by atoms with Gasteiger partial charge >= 0.3 is 0 Å². The van der Waals surface area contributed by atoms with Crippen molar-refractivity contribution in [3.05, 3.63) is 23.8 Å². The van der Waals surface area contributed by atoms with E-state index in [1.54, 1.807) is 18.2 Å². The Morgan fingerprint density at radius 1 is 1.64 bits per heavy atom. The first-order valence-corrected chi connectivity index (χ1v) is 4.06. The maximum atomic E-state index is 10.4. The zero-order valence-corrected chi connectivity index (χ0v) is 7.56. The molecule has 0 amide bonds. The van der Waals surface area contributed by atoms with Crippen molar-refractivity contribution in [2.45, 2.75) is 11.3 Å². The molecule has 0 aliphatic heterocycles. The standard InChI is InChI=1S/C8H8Cl2O/c1-6-7(5-11)3-2-4-8(6,9)10/h2-6H,1H3. The molecule has 0 aromatic rings. The van der Waals surface area contributed by atoms with Crippen molar-refractivity contribution in [1.82, 2.24) is 0 Å². The second-order valence-corrected chi connectivity index (χ2v) is 3.98. The van der Waals surface area contributed by atoms with Crippen LogP contribution in [0.5, 0.6) is 0 Å². The monoisotopic (exact) mass is 190 g/mol. The fourth-order valence-corrected chi connectivity index (χ4v) is 1.34. The van der Waals surface area contributed by atoms with E-state index in [4.69, 9.17) is 23.2 Å². The molecular formula is C8H8Cl2O. The summed E-state index contributed by atoms with van der Waals surface area (Å²) in [5, 5.41) is 0. The van der Waals surface area contributed by atoms with Crippen LogP contribution in [0, 0.1) is 5.92 Å². The maximum Gasteiger partial charge on any atom is 0.146 e. The summed E-state index contributed by atoms with van der Waals surface area (Å²) in [5.41, 5.74) is 0.637. The molecule has 0 spiro atoms. The van der Waals surface area contributed by atoms with Gasteiger partial charge in [-0.2, -0.15) is 0 Å². The Labute approximate surface area is 75.7 Å². The highest BCUT2D eigenvalue weighted by Gasteiger charge is 2.32. The summed E-state index contributed by atoms with van der Waals surface area (Å²) in [7, 11) is 0. The van der Waals surface area contributed by atoms with Crippen molar-refractivity contribution in [1.29, 1.82) is 0 Å². The Kier molecular flexibility index (Phi) is 2.40. The molecule has 1 nitrogen and oxygen atoms in total. The molecule has 60 valence electrons. The van der Waals surface area contributed by atoms with Gasteiger partial charge in [0.05, 0.1) is 0 Å². The van der Waals surface area contributed by atoms with Crippen LogP contribution in [0.25, 0.3) is 0 Å². The number of alkyl halides is 2. The van der Waals surface area contributed by atoms with Gasteiger partial charge in [-0.05, 0) is 11.6 Å². The smallest absolute Gasteiger partial charge is 0.146 e. The van der Waals surface area contributed by atoms with E-state index in [9.17, 15) is 4.79 Å². The second-order valence-electron chi connectivity index (χ2n) is 2.54. The summed E-state index contributed by atoms with van der Waals surface area (Å²) >= 11 is 11.7. The number of rotatable bonds is 1. The number of carbonyl (C=O) groups is 1. The van der Waals surface area contributed by atoms with E-state index in [-0.39, 0.29) is 5.92 Å². The van der Waals surface area contributed by atoms with Gasteiger partial charge in [0, 0.05) is 5.92 Å². The van der Waals surface area contributed by atoms with Crippen molar-refractivity contribution in [3.8, 4) is 0 Å². The van der Waals surface area contributed by atoms with E-state index in [1.807, 2.05) is 6.92 Å². The molecule has 3 heteroatoms. The lowest BCUT2D eigenvalue weighted by molar-refractivity contribution is -0.105. The lowest BCUT2D eigenvalue weighted by atomic mass is 9.93. The van der Waals surface area contributed by atoms with Gasteiger partial charge in [0.15, 0.2) is 0 Å². The van der Waals surface area contributed by atoms with Crippen molar-refractivity contribution in [2.24, 2.45) is 5.92 Å². The first-order valence-electron chi connectivity index (χ1n) is 3.30. The van der Waals surface area contributed by atoms with E-state index < -0.39 is 4.33 Å². The van der Waals surface area contributed by atoms with Gasteiger partial charge < -0.3 is 0 Å². The molecule has 0 fully saturated rings. The number of aldehydes is 1. The summed E-state index contributed by atoms with van der Waals surface area (Å²) in [6, 6.07) is 0. The molecule has 0 saturated carbocycles. The Bertz CT molecular complexity index is 228. The lowest BCUT2D eigenvalue weighted by Gasteiger charge is -2.25. The third-order valence-corrected chi connectivity index (χ3v) is 2.73. The minimum Gasteiger partial charge on any atom is -0.298 e. The first-order chi connectivity index (χ1) is 5.08. The van der Waals surface area contributed by atoms with Gasteiger partial charge in [-0.25, -0.2) is 0 Å². The quantitative estimate of drug-likeness (QED) is 0.459. The molecule has 0 bridgehead atoms. The van der Waals surface area contributed by atoms with E-state index in [1.165, 1.54) is 0 Å². The van der Waals surface area contributed by atoms with Crippen LogP contribution < -0.4 is 0 Å². The fourth-order valence-electron chi connectivity index (χ4n) is 0.940. The third kappa shape index (κ3) is 1.66. The first kappa shape index (κ1) is 8.82. The summed E-state index contributed by atoms with van der Waals surface area (Å²) < 4.78 is -0.926. The molecule has 0 N–H and O–H groups in total. The average molecular weight is 191 g/mol. The Balaban J connectivity index is 2.94. The third-order valence-electron chi connectivity index (χ3n) is 1.82. The molecule has 0 saturated heterocycles. The lowest BCUT2D eigenvalue weighted by Crippen LogP contribution is -2.25. The molecule has 1 unspecified atom stereocenters. The predicted molar refractivity (Wildman–Crippen MR) is 46.9 cm³/mol. The van der Waals surface area contributed by atoms with Crippen LogP contribution in [0.15, 0.2) is 23.8 Å². The summed E-state index contributed by atoms with van der Waals surface area (Å²) in [6.45, 7) is 1.82. The highest BCUT2D eigenvalue weighted by Crippen LogP contribution is 2.38. The number of carbonyl (C=O) groups excluding carboxylic acids is 1. The van der Waals surface area contributed by atoms with Crippen LogP contribution in [0.3, 0.4) is 0 Å². The zero-order valence-electron chi connectivity index (χ0n) is 6.05. The molecule has 1 rings (SSSR count). The SMILES string of the molecule is CC1C(C=O)=CC=CC1(Cl)Cl. The van der Waals surface area contributed by atoms with Gasteiger partial charge in [-0.3, -0.25) is 4.79 Å². The Hall–Kier alpha value is -0.270. The van der Waals surface area contributed by atoms with Crippen molar-refractivity contribution in [2.75, 3.05) is 0 Å². The molecule has 1 aliphatic carbocycles. The van der Waals surface area contributed by atoms with E-state index in [2.05, 4.69) is 0 Å². The second kappa shape index (κ2) is 3.00. The summed E-state index contributed by atoms with van der Waals surface area (Å²) in [6.07, 6.45) is 5.88. The highest BCUT2D eigenvalue weighted by molar-refractivity contribution is 6.50. The number of allylic oxidation sites excluding steroid dienone is 4. The highest BCUT2D eigenvalue weighted by atomic mass is 35.5. The molecule has 1 aliphatic rings. The molecular weight excluding hydrogens is 183 g/mol. The maximum absolute atomic E-state index is 10.4. The molecule has 0 aromatic heterocycles. The predicted octanol–water partition coefficient (Wildman–Crippen LogP) is 2.49. The van der Waals surface area contributed by atoms with Crippen LogP contribution >= 0.6 is 23.2 Å². The van der Waals surface area contributed by atoms with Gasteiger partial charge in [0.2, 0.25) is 0 Å². The topological polar surface area (TPSA) is 17.1 Å². The van der Waals surface area contributed by atoms with Crippen LogP contribution in [0.1, 0.15) is 6.92 Å². The minimum atomic E-state index is -0.926. The van der Waals surface area contributed by atoms with Gasteiger partial charge in [0.1, 0.15) is 10.6 Å². The van der Waals surface area contributed by atoms with E-state index in [0.29, 0.717) is 5.57 Å². The summed E-state index contributed by atoms with van der Waals surface area (Å²) in [4.78, 5) is 10.4. The average Bonchev–Trinajstić information content (AvgIpc) is 1.95. The van der Waals surface area contributed by atoms with Crippen molar-refractivity contribution < 1.29 is 4.79 Å². The van der Waals surface area contributed by atoms with Gasteiger partial charge in [0.25, 0.3) is 0 Å². The van der Waals surface area contributed by atoms with Gasteiger partial charge in [-0.1, -0.05) is 42.3 Å². The zero-order chi connectivity index (χ0) is 8.48. The molecule has 0 aromatic carbocycles. The molecule has 0 radical (unpaired) electrons. The Morgan fingerprint density at radius 2 is 2.27 bits per heavy atom. The molecule has 11 heavy (non-hydrogen) atoms. The fraction of sp³-hybridized carbons (Fsp3) is 0.375. The van der Waals surface area contributed by atoms with Crippen LogP contribution in [-0.2, 0) is 4.79 Å². The number of hydrogen-bond acceptors (Lipinski definition) is 1. The van der Waals surface area contributed by atoms with Crippen LogP contribution in [0.4, 0.5) is 0 Å². The van der Waals surface area contributed by atoms with Crippen LogP contribution in [-0.4, -0.2) is 10.6 Å². The molecule has 1 atom stereocenters. The normalized spacial score (nSPS) is 27.9. The number of hydrogen-bond donors (Lipinski definition) is 0.